The molecule has 0 radical (unpaired) electrons. The monoisotopic (exact) mass is 1080 g/mol. The molecule has 0 saturated carbocycles. The van der Waals surface area contributed by atoms with Gasteiger partial charge in [-0.15, -0.1) is 0 Å². The lowest BCUT2D eigenvalue weighted by atomic mass is 9.99. The molecule has 1 heterocycles. The van der Waals surface area contributed by atoms with E-state index in [1.807, 2.05) is 6.08 Å². The van der Waals surface area contributed by atoms with Gasteiger partial charge in [-0.1, -0.05) is 228 Å². The Labute approximate surface area is 471 Å². The first-order chi connectivity index (χ1) is 37.7. The van der Waals surface area contributed by atoms with Crippen LogP contribution in [-0.4, -0.2) is 100 Å². The third-order valence-electron chi connectivity index (χ3n) is 14.5. The van der Waals surface area contributed by atoms with Gasteiger partial charge in [0.2, 0.25) is 5.91 Å². The van der Waals surface area contributed by atoms with Crippen LogP contribution in [0.2, 0.25) is 0 Å². The number of nitrogens with one attached hydrogen (secondary N) is 1. The zero-order valence-corrected chi connectivity index (χ0v) is 49.2. The van der Waals surface area contributed by atoms with Gasteiger partial charge < -0.3 is 45.1 Å². The van der Waals surface area contributed by atoms with E-state index in [0.29, 0.717) is 19.4 Å². The lowest BCUT2D eigenvalue weighted by Crippen LogP contribution is -2.60. The predicted molar refractivity (Wildman–Crippen MR) is 319 cm³/mol. The van der Waals surface area contributed by atoms with Gasteiger partial charge in [-0.2, -0.15) is 0 Å². The van der Waals surface area contributed by atoms with E-state index in [9.17, 15) is 35.1 Å². The molecule has 0 aromatic rings. The fraction of sp³-hybridized carbons (Fsp3) is 0.788. The summed E-state index contributed by atoms with van der Waals surface area (Å²) in [7, 11) is 0. The maximum atomic E-state index is 13.0. The topological polar surface area (TPSA) is 175 Å². The van der Waals surface area contributed by atoms with Crippen LogP contribution in [0.4, 0.5) is 0 Å². The van der Waals surface area contributed by atoms with Crippen LogP contribution < -0.4 is 5.32 Å². The molecule has 0 aromatic carbocycles. The summed E-state index contributed by atoms with van der Waals surface area (Å²) in [5, 5.41) is 54.4. The number of amides is 1. The summed E-state index contributed by atoms with van der Waals surface area (Å²) in [6.07, 6.45) is 62.9. The van der Waals surface area contributed by atoms with Gasteiger partial charge in [-0.25, -0.2) is 0 Å². The first kappa shape index (κ1) is 72.1. The summed E-state index contributed by atoms with van der Waals surface area (Å²) >= 11 is 0. The normalized spacial score (nSPS) is 19.1. The van der Waals surface area contributed by atoms with E-state index < -0.39 is 49.5 Å². The number of aliphatic hydroxyl groups is 5. The Balaban J connectivity index is 2.08. The molecule has 1 aliphatic heterocycles. The van der Waals surface area contributed by atoms with E-state index in [0.717, 1.165) is 103 Å². The molecule has 11 nitrogen and oxygen atoms in total. The Hall–Kier alpha value is -2.90. The van der Waals surface area contributed by atoms with E-state index in [1.165, 1.54) is 141 Å². The van der Waals surface area contributed by atoms with Crippen molar-refractivity contribution in [3.8, 4) is 0 Å². The van der Waals surface area contributed by atoms with Gasteiger partial charge >= 0.3 is 5.97 Å². The Kier molecular flexibility index (Phi) is 51.5. The highest BCUT2D eigenvalue weighted by Crippen LogP contribution is 2.23. The predicted octanol–water partition coefficient (Wildman–Crippen LogP) is 15.2. The van der Waals surface area contributed by atoms with Crippen LogP contribution in [0.3, 0.4) is 0 Å². The number of esters is 1. The van der Waals surface area contributed by atoms with E-state index in [4.69, 9.17) is 14.2 Å². The summed E-state index contributed by atoms with van der Waals surface area (Å²) in [6, 6.07) is -0.837. The van der Waals surface area contributed by atoms with Crippen molar-refractivity contribution in [2.45, 2.75) is 314 Å². The molecule has 446 valence electrons. The van der Waals surface area contributed by atoms with Crippen LogP contribution in [0.15, 0.2) is 72.9 Å². The van der Waals surface area contributed by atoms with Crippen molar-refractivity contribution in [2.75, 3.05) is 19.8 Å². The number of carbonyl (C=O) groups is 2. The molecule has 11 heteroatoms. The number of ether oxygens (including phenoxy) is 3. The fourth-order valence-electron chi connectivity index (χ4n) is 9.46. The summed E-state index contributed by atoms with van der Waals surface area (Å²) in [5.41, 5.74) is 0. The number of hydrogen-bond donors (Lipinski definition) is 6. The standard InChI is InChI=1S/C66H117NO10/c1-3-5-7-9-11-13-15-28-32-36-40-44-48-52-59(69)58(57-76-66-65(74)64(73)63(72)60(56-68)77-66)67-61(70)53-49-45-41-37-33-30-26-24-22-20-18-17-19-21-23-25-27-31-35-39-43-47-51-55-75-62(71)54-50-46-42-38-34-29-16-14-12-10-8-6-4-2/h8,10,14,16-17,19-20,22,32,36,48,52,58-60,63-66,68-69,72-74H,3-7,9,11-13,15,18,21,23-31,33-35,37-47,49-51,53-57H2,1-2H3,(H,67,70)/b10-8-,16-14-,19-17-,22-20-,36-32+,52-48+. The molecular weight excluding hydrogens is 967 g/mol. The van der Waals surface area contributed by atoms with Crippen LogP contribution in [0, 0.1) is 0 Å². The van der Waals surface area contributed by atoms with Crippen molar-refractivity contribution >= 4 is 11.9 Å². The molecule has 7 unspecified atom stereocenters. The minimum Gasteiger partial charge on any atom is -0.466 e. The van der Waals surface area contributed by atoms with Crippen molar-refractivity contribution in [1.29, 1.82) is 0 Å². The second kappa shape index (κ2) is 55.0. The zero-order chi connectivity index (χ0) is 55.9. The van der Waals surface area contributed by atoms with Gasteiger partial charge in [-0.05, 0) is 103 Å². The molecule has 0 bridgehead atoms. The second-order valence-corrected chi connectivity index (χ2v) is 21.7. The van der Waals surface area contributed by atoms with Crippen LogP contribution in [0.5, 0.6) is 0 Å². The third-order valence-corrected chi connectivity index (χ3v) is 14.5. The van der Waals surface area contributed by atoms with Crippen molar-refractivity contribution in [2.24, 2.45) is 0 Å². The molecule has 0 aliphatic carbocycles. The number of rotatable bonds is 54. The van der Waals surface area contributed by atoms with Crippen LogP contribution in [0.1, 0.15) is 271 Å². The molecule has 1 aliphatic rings. The first-order valence-electron chi connectivity index (χ1n) is 31.7. The Morgan fingerprint density at radius 2 is 0.909 bits per heavy atom. The Morgan fingerprint density at radius 1 is 0.481 bits per heavy atom. The Bertz CT molecular complexity index is 1510. The number of hydrogen-bond acceptors (Lipinski definition) is 10. The number of allylic oxidation sites excluding steroid dienone is 11. The van der Waals surface area contributed by atoms with Gasteiger partial charge in [0, 0.05) is 12.8 Å². The second-order valence-electron chi connectivity index (χ2n) is 21.7. The maximum Gasteiger partial charge on any atom is 0.305 e. The summed E-state index contributed by atoms with van der Waals surface area (Å²) < 4.78 is 16.7. The van der Waals surface area contributed by atoms with E-state index in [1.54, 1.807) is 6.08 Å². The highest BCUT2D eigenvalue weighted by molar-refractivity contribution is 5.76. The zero-order valence-electron chi connectivity index (χ0n) is 49.2. The maximum absolute atomic E-state index is 13.0. The lowest BCUT2D eigenvalue weighted by Gasteiger charge is -2.40. The van der Waals surface area contributed by atoms with Crippen molar-refractivity contribution < 1.29 is 49.3 Å². The SMILES string of the molecule is CCC/C=C\C/C=C\CCCCCCCC(=O)OCCCCCCCCCCC/C=C\C/C=C\CCCCCCCCCC(=O)NC(COC1OC(CO)C(O)C(O)C1O)C(O)/C=C/CC/C=C/CCCCCCCCC. The van der Waals surface area contributed by atoms with Crippen LogP contribution >= 0.6 is 0 Å². The first-order valence-corrected chi connectivity index (χ1v) is 31.7. The third kappa shape index (κ3) is 44.5. The lowest BCUT2D eigenvalue weighted by molar-refractivity contribution is -0.302. The minimum atomic E-state index is -1.58. The number of carbonyl (C=O) groups excluding carboxylic acids is 2. The molecule has 7 atom stereocenters. The summed E-state index contributed by atoms with van der Waals surface area (Å²) in [4.78, 5) is 25.1. The minimum absolute atomic E-state index is 0.0214. The fourth-order valence-corrected chi connectivity index (χ4v) is 9.46. The molecule has 77 heavy (non-hydrogen) atoms. The van der Waals surface area contributed by atoms with Gasteiger partial charge in [0.25, 0.3) is 0 Å². The van der Waals surface area contributed by atoms with Gasteiger partial charge in [0.15, 0.2) is 6.29 Å². The van der Waals surface area contributed by atoms with Crippen LogP contribution in [-0.2, 0) is 23.8 Å². The molecule has 1 rings (SSSR count). The largest absolute Gasteiger partial charge is 0.466 e. The smallest absolute Gasteiger partial charge is 0.305 e. The highest BCUT2D eigenvalue weighted by Gasteiger charge is 2.44. The van der Waals surface area contributed by atoms with E-state index in [2.05, 4.69) is 79.9 Å². The van der Waals surface area contributed by atoms with Crippen LogP contribution in [0.25, 0.3) is 0 Å². The van der Waals surface area contributed by atoms with E-state index in [-0.39, 0.29) is 18.5 Å². The summed E-state index contributed by atoms with van der Waals surface area (Å²) in [6.45, 7) is 4.23. The van der Waals surface area contributed by atoms with Crippen molar-refractivity contribution in [3.63, 3.8) is 0 Å². The molecule has 0 spiro atoms. The molecule has 0 aromatic heterocycles. The van der Waals surface area contributed by atoms with Gasteiger partial charge in [0.05, 0.1) is 32.0 Å². The Morgan fingerprint density at radius 3 is 1.42 bits per heavy atom. The van der Waals surface area contributed by atoms with E-state index >= 15 is 0 Å². The molecule has 1 saturated heterocycles. The molecule has 1 amide bonds. The molecule has 1 fully saturated rings. The van der Waals surface area contributed by atoms with Crippen molar-refractivity contribution in [1.82, 2.24) is 5.32 Å². The highest BCUT2D eigenvalue weighted by atomic mass is 16.7. The van der Waals surface area contributed by atoms with Gasteiger partial charge in [0.1, 0.15) is 24.4 Å². The number of unbranched alkanes of at least 4 members (excludes halogenated alkanes) is 30. The molecular formula is C66H117NO10. The average molecular weight is 1080 g/mol. The summed E-state index contributed by atoms with van der Waals surface area (Å²) in [5.74, 6) is -0.225. The quantitative estimate of drug-likeness (QED) is 0.0195. The van der Waals surface area contributed by atoms with Gasteiger partial charge in [-0.3, -0.25) is 9.59 Å². The average Bonchev–Trinajstić information content (AvgIpc) is 3.43. The number of aliphatic hydroxyl groups excluding tert-OH is 5. The van der Waals surface area contributed by atoms with Crippen molar-refractivity contribution in [3.05, 3.63) is 72.9 Å². The molecule has 6 N–H and O–H groups in total.